The van der Waals surface area contributed by atoms with Crippen LogP contribution in [0.1, 0.15) is 99.3 Å². The van der Waals surface area contributed by atoms with Gasteiger partial charge in [-0.2, -0.15) is 0 Å². The van der Waals surface area contributed by atoms with E-state index in [1.54, 1.807) is 0 Å². The standard InChI is InChI=1S/C31H50O5/c1-20(2)23-12-10-21(3)24(30(23,7)18-16-27(32)33)13-14-25-22(4)11-15-26(29(5,6)35)31(25,8)19-17-28(34)36-9/h10,23-26,35H,1,4,11-19H2,2-3,5-9H3,(H,32,33). The van der Waals surface area contributed by atoms with Gasteiger partial charge in [0.2, 0.25) is 0 Å². The second-order valence-corrected chi connectivity index (χ2v) is 12.6. The van der Waals surface area contributed by atoms with Crippen molar-refractivity contribution in [2.75, 3.05) is 7.11 Å². The van der Waals surface area contributed by atoms with E-state index >= 15 is 0 Å². The number of carboxylic acid groups (broad SMARTS) is 1. The average molecular weight is 503 g/mol. The van der Waals surface area contributed by atoms with Crippen molar-refractivity contribution in [3.05, 3.63) is 36.0 Å². The second kappa shape index (κ2) is 11.7. The van der Waals surface area contributed by atoms with Crippen LogP contribution in [0.4, 0.5) is 0 Å². The molecule has 0 aromatic heterocycles. The SMILES string of the molecule is C=C(C)C1CC=C(C)C(CCC2C(=C)CCC(C(C)(C)O)C2(C)CCC(=O)OC)C1(C)CCC(=O)O. The monoisotopic (exact) mass is 502 g/mol. The summed E-state index contributed by atoms with van der Waals surface area (Å²) in [4.78, 5) is 23.7. The molecule has 2 N–H and O–H groups in total. The molecule has 0 spiro atoms. The molecule has 5 nitrogen and oxygen atoms in total. The molecule has 0 saturated heterocycles. The van der Waals surface area contributed by atoms with E-state index in [4.69, 9.17) is 4.74 Å². The van der Waals surface area contributed by atoms with Gasteiger partial charge in [-0.1, -0.05) is 49.8 Å². The summed E-state index contributed by atoms with van der Waals surface area (Å²) in [5.74, 6) is -0.296. The number of carboxylic acids is 1. The van der Waals surface area contributed by atoms with E-state index in [0.29, 0.717) is 19.3 Å². The molecular weight excluding hydrogens is 452 g/mol. The zero-order chi connectivity index (χ0) is 27.5. The largest absolute Gasteiger partial charge is 0.481 e. The van der Waals surface area contributed by atoms with Crippen molar-refractivity contribution < 1.29 is 24.5 Å². The van der Waals surface area contributed by atoms with Gasteiger partial charge in [-0.25, -0.2) is 0 Å². The molecule has 0 aliphatic heterocycles. The molecule has 1 fully saturated rings. The Labute approximate surface area is 219 Å². The molecule has 0 heterocycles. The highest BCUT2D eigenvalue weighted by molar-refractivity contribution is 5.69. The van der Waals surface area contributed by atoms with Crippen LogP contribution in [-0.4, -0.2) is 34.9 Å². The number of aliphatic carboxylic acids is 1. The molecule has 0 aromatic rings. The summed E-state index contributed by atoms with van der Waals surface area (Å²) in [6.45, 7) is 21.2. The summed E-state index contributed by atoms with van der Waals surface area (Å²) in [6, 6.07) is 0. The van der Waals surface area contributed by atoms with Crippen LogP contribution in [0.2, 0.25) is 0 Å². The maximum absolute atomic E-state index is 12.1. The molecule has 6 unspecified atom stereocenters. The van der Waals surface area contributed by atoms with Crippen molar-refractivity contribution in [1.82, 2.24) is 0 Å². The molecule has 6 atom stereocenters. The van der Waals surface area contributed by atoms with Gasteiger partial charge in [-0.15, -0.1) is 0 Å². The Morgan fingerprint density at radius 3 is 2.25 bits per heavy atom. The van der Waals surface area contributed by atoms with Gasteiger partial charge in [-0.3, -0.25) is 9.59 Å². The van der Waals surface area contributed by atoms with Crippen molar-refractivity contribution in [3.8, 4) is 0 Å². The predicted molar refractivity (Wildman–Crippen MR) is 145 cm³/mol. The molecule has 0 radical (unpaired) electrons. The van der Waals surface area contributed by atoms with Gasteiger partial charge in [0.1, 0.15) is 0 Å². The number of hydrogen-bond donors (Lipinski definition) is 2. The molecule has 0 bridgehead atoms. The van der Waals surface area contributed by atoms with E-state index in [9.17, 15) is 19.8 Å². The number of rotatable bonds is 11. The second-order valence-electron chi connectivity index (χ2n) is 12.6. The molecule has 36 heavy (non-hydrogen) atoms. The third-order valence-electron chi connectivity index (χ3n) is 9.82. The third kappa shape index (κ3) is 6.51. The fourth-order valence-electron chi connectivity index (χ4n) is 7.92. The van der Waals surface area contributed by atoms with Crippen molar-refractivity contribution >= 4 is 11.9 Å². The average Bonchev–Trinajstić information content (AvgIpc) is 2.76. The zero-order valence-corrected chi connectivity index (χ0v) is 23.8. The lowest BCUT2D eigenvalue weighted by Gasteiger charge is -2.54. The molecule has 2 aliphatic carbocycles. The lowest BCUT2D eigenvalue weighted by molar-refractivity contribution is -0.143. The molecule has 1 saturated carbocycles. The molecule has 0 amide bonds. The lowest BCUT2D eigenvalue weighted by atomic mass is 9.51. The zero-order valence-electron chi connectivity index (χ0n) is 23.8. The first kappa shape index (κ1) is 30.3. The fraction of sp³-hybridized carbons (Fsp3) is 0.742. The summed E-state index contributed by atoms with van der Waals surface area (Å²) in [6.07, 6.45) is 8.49. The minimum atomic E-state index is -0.870. The maximum Gasteiger partial charge on any atom is 0.305 e. The highest BCUT2D eigenvalue weighted by Gasteiger charge is 2.51. The Kier molecular flexibility index (Phi) is 9.83. The van der Waals surface area contributed by atoms with Gasteiger partial charge in [0, 0.05) is 12.8 Å². The molecule has 2 rings (SSSR count). The van der Waals surface area contributed by atoms with Crippen LogP contribution in [0.5, 0.6) is 0 Å². The van der Waals surface area contributed by atoms with Crippen molar-refractivity contribution in [2.45, 2.75) is 105 Å². The van der Waals surface area contributed by atoms with Gasteiger partial charge >= 0.3 is 11.9 Å². The van der Waals surface area contributed by atoms with E-state index in [1.165, 1.54) is 18.3 Å². The number of aliphatic hydroxyl groups is 1. The number of esters is 1. The Hall–Kier alpha value is -1.88. The quantitative estimate of drug-likeness (QED) is 0.232. The van der Waals surface area contributed by atoms with Crippen LogP contribution < -0.4 is 0 Å². The summed E-state index contributed by atoms with van der Waals surface area (Å²) >= 11 is 0. The Morgan fingerprint density at radius 1 is 1.14 bits per heavy atom. The minimum absolute atomic E-state index is 0.0368. The first-order valence-electron chi connectivity index (χ1n) is 13.6. The summed E-state index contributed by atoms with van der Waals surface area (Å²) < 4.78 is 4.96. The van der Waals surface area contributed by atoms with E-state index in [-0.39, 0.29) is 46.9 Å². The lowest BCUT2D eigenvalue weighted by Crippen LogP contribution is -2.50. The Morgan fingerprint density at radius 2 is 1.72 bits per heavy atom. The molecule has 2 aliphatic rings. The summed E-state index contributed by atoms with van der Waals surface area (Å²) in [7, 11) is 1.42. The molecule has 204 valence electrons. The fourth-order valence-corrected chi connectivity index (χ4v) is 7.92. The molecule has 0 aromatic carbocycles. The topological polar surface area (TPSA) is 83.8 Å². The maximum atomic E-state index is 12.1. The molecular formula is C31H50O5. The van der Waals surface area contributed by atoms with Crippen LogP contribution >= 0.6 is 0 Å². The van der Waals surface area contributed by atoms with Gasteiger partial charge in [0.05, 0.1) is 12.7 Å². The number of methoxy groups -OCH3 is 1. The van der Waals surface area contributed by atoms with Crippen molar-refractivity contribution in [1.29, 1.82) is 0 Å². The smallest absolute Gasteiger partial charge is 0.305 e. The van der Waals surface area contributed by atoms with E-state index in [0.717, 1.165) is 37.7 Å². The normalized spacial score (nSPS) is 33.1. The summed E-state index contributed by atoms with van der Waals surface area (Å²) in [5.41, 5.74) is 2.30. The van der Waals surface area contributed by atoms with Gasteiger partial charge in [0.15, 0.2) is 0 Å². The predicted octanol–water partition coefficient (Wildman–Crippen LogP) is 7.11. The van der Waals surface area contributed by atoms with Crippen molar-refractivity contribution in [2.24, 2.45) is 34.5 Å². The van der Waals surface area contributed by atoms with Gasteiger partial charge < -0.3 is 14.9 Å². The van der Waals surface area contributed by atoms with E-state index < -0.39 is 11.6 Å². The van der Waals surface area contributed by atoms with Crippen LogP contribution in [-0.2, 0) is 14.3 Å². The van der Waals surface area contributed by atoms with Crippen LogP contribution in [0.15, 0.2) is 36.0 Å². The van der Waals surface area contributed by atoms with Crippen LogP contribution in [0.3, 0.4) is 0 Å². The highest BCUT2D eigenvalue weighted by atomic mass is 16.5. The third-order valence-corrected chi connectivity index (χ3v) is 9.82. The number of hydrogen-bond acceptors (Lipinski definition) is 4. The number of carbonyl (C=O) groups is 2. The van der Waals surface area contributed by atoms with Gasteiger partial charge in [0.25, 0.3) is 0 Å². The number of allylic oxidation sites excluding steroid dienone is 4. The number of carbonyl (C=O) groups excluding carboxylic acids is 1. The Balaban J connectivity index is 2.41. The Bertz CT molecular complexity index is 878. The van der Waals surface area contributed by atoms with E-state index in [2.05, 4.69) is 46.9 Å². The van der Waals surface area contributed by atoms with Crippen molar-refractivity contribution in [3.63, 3.8) is 0 Å². The van der Waals surface area contributed by atoms with Crippen LogP contribution in [0, 0.1) is 34.5 Å². The number of ether oxygens (including phenoxy) is 1. The minimum Gasteiger partial charge on any atom is -0.481 e. The summed E-state index contributed by atoms with van der Waals surface area (Å²) in [5, 5.41) is 20.6. The first-order chi connectivity index (χ1) is 16.6. The highest BCUT2D eigenvalue weighted by Crippen LogP contribution is 2.58. The van der Waals surface area contributed by atoms with Gasteiger partial charge in [-0.05, 0) is 107 Å². The first-order valence-corrected chi connectivity index (χ1v) is 13.6. The van der Waals surface area contributed by atoms with Crippen LogP contribution in [0.25, 0.3) is 0 Å². The van der Waals surface area contributed by atoms with E-state index in [1.807, 2.05) is 13.8 Å². The molecule has 5 heteroatoms.